The minimum atomic E-state index is -0.312. The number of benzene rings is 1. The predicted molar refractivity (Wildman–Crippen MR) is 68.3 cm³/mol. The van der Waals surface area contributed by atoms with E-state index < -0.39 is 0 Å². The maximum absolute atomic E-state index is 13.8. The molecule has 0 aromatic heterocycles. The number of anilines is 1. The summed E-state index contributed by atoms with van der Waals surface area (Å²) in [4.78, 5) is 2.05. The first-order valence-corrected chi connectivity index (χ1v) is 5.49. The summed E-state index contributed by atoms with van der Waals surface area (Å²) >= 11 is 5.76. The summed E-state index contributed by atoms with van der Waals surface area (Å²) in [6, 6.07) is 5.44. The fraction of sp³-hybridized carbons (Fsp3) is 0.455. The van der Waals surface area contributed by atoms with Crippen LogP contribution in [0.5, 0.6) is 0 Å². The van der Waals surface area contributed by atoms with E-state index in [1.165, 1.54) is 0 Å². The molecule has 2 nitrogen and oxygen atoms in total. The highest BCUT2D eigenvalue weighted by atomic mass is 35.5. The second-order valence-corrected chi connectivity index (χ2v) is 4.23. The quantitative estimate of drug-likeness (QED) is 0.839. The summed E-state index contributed by atoms with van der Waals surface area (Å²) in [5, 5.41) is 3.46. The standard InChI is InChI=1S/C11H14ClFN2.ClH/c1-8-7-14-5-6-15(8)10-4-2-3-9(12)11(10)13;/h2-4,8,14H,5-7H2,1H3;1H. The second-order valence-electron chi connectivity index (χ2n) is 3.82. The Morgan fingerprint density at radius 1 is 1.50 bits per heavy atom. The van der Waals surface area contributed by atoms with Crippen LogP contribution in [0.15, 0.2) is 18.2 Å². The first kappa shape index (κ1) is 13.6. The molecule has 0 aliphatic carbocycles. The largest absolute Gasteiger partial charge is 0.364 e. The van der Waals surface area contributed by atoms with Gasteiger partial charge >= 0.3 is 0 Å². The van der Waals surface area contributed by atoms with Crippen molar-refractivity contribution < 1.29 is 4.39 Å². The van der Waals surface area contributed by atoms with E-state index in [4.69, 9.17) is 11.6 Å². The molecule has 0 amide bonds. The molecule has 2 rings (SSSR count). The molecule has 0 radical (unpaired) electrons. The van der Waals surface area contributed by atoms with E-state index in [1.54, 1.807) is 18.2 Å². The molecule has 1 heterocycles. The van der Waals surface area contributed by atoms with Crippen LogP contribution in [0.2, 0.25) is 5.02 Å². The lowest BCUT2D eigenvalue weighted by Gasteiger charge is -2.36. The van der Waals surface area contributed by atoms with E-state index in [2.05, 4.69) is 17.1 Å². The van der Waals surface area contributed by atoms with Gasteiger partial charge in [-0.05, 0) is 19.1 Å². The fourth-order valence-corrected chi connectivity index (χ4v) is 2.08. The zero-order valence-corrected chi connectivity index (χ0v) is 10.6. The van der Waals surface area contributed by atoms with Gasteiger partial charge in [-0.25, -0.2) is 4.39 Å². The maximum atomic E-state index is 13.8. The molecule has 1 saturated heterocycles. The van der Waals surface area contributed by atoms with Crippen LogP contribution in [0.25, 0.3) is 0 Å². The van der Waals surface area contributed by atoms with Crippen molar-refractivity contribution in [3.05, 3.63) is 29.0 Å². The molecule has 90 valence electrons. The molecule has 0 saturated carbocycles. The van der Waals surface area contributed by atoms with Gasteiger partial charge in [0.1, 0.15) is 0 Å². The van der Waals surface area contributed by atoms with Gasteiger partial charge in [0.05, 0.1) is 10.7 Å². The van der Waals surface area contributed by atoms with Gasteiger partial charge in [0.25, 0.3) is 0 Å². The second kappa shape index (κ2) is 5.71. The lowest BCUT2D eigenvalue weighted by atomic mass is 10.1. The van der Waals surface area contributed by atoms with Crippen molar-refractivity contribution in [1.82, 2.24) is 5.32 Å². The van der Waals surface area contributed by atoms with Crippen LogP contribution in [0, 0.1) is 5.82 Å². The summed E-state index contributed by atoms with van der Waals surface area (Å²) in [5.41, 5.74) is 0.608. The number of halogens is 3. The minimum absolute atomic E-state index is 0. The van der Waals surface area contributed by atoms with Crippen molar-refractivity contribution in [2.45, 2.75) is 13.0 Å². The van der Waals surface area contributed by atoms with Gasteiger partial charge in [-0.1, -0.05) is 17.7 Å². The summed E-state index contributed by atoms with van der Waals surface area (Å²) < 4.78 is 13.8. The molecule has 5 heteroatoms. The highest BCUT2D eigenvalue weighted by Gasteiger charge is 2.21. The number of rotatable bonds is 1. The first-order valence-electron chi connectivity index (χ1n) is 5.11. The normalized spacial score (nSPS) is 20.4. The Morgan fingerprint density at radius 2 is 2.25 bits per heavy atom. The molecule has 0 spiro atoms. The zero-order valence-electron chi connectivity index (χ0n) is 9.04. The molecule has 1 atom stereocenters. The number of nitrogens with zero attached hydrogens (tertiary/aromatic N) is 1. The van der Waals surface area contributed by atoms with E-state index in [0.29, 0.717) is 11.7 Å². The van der Waals surface area contributed by atoms with Gasteiger partial charge in [0, 0.05) is 25.7 Å². The third-order valence-electron chi connectivity index (χ3n) is 2.74. The monoisotopic (exact) mass is 264 g/mol. The van der Waals surface area contributed by atoms with Crippen LogP contribution in [-0.4, -0.2) is 25.7 Å². The van der Waals surface area contributed by atoms with Gasteiger partial charge in [0.2, 0.25) is 0 Å². The van der Waals surface area contributed by atoms with Crippen LogP contribution in [0.4, 0.5) is 10.1 Å². The molecule has 16 heavy (non-hydrogen) atoms. The summed E-state index contributed by atoms with van der Waals surface area (Å²) in [7, 11) is 0. The molecule has 1 fully saturated rings. The van der Waals surface area contributed by atoms with Gasteiger partial charge in [-0.2, -0.15) is 0 Å². The lowest BCUT2D eigenvalue weighted by molar-refractivity contribution is 0.491. The highest BCUT2D eigenvalue weighted by molar-refractivity contribution is 6.31. The number of piperazine rings is 1. The van der Waals surface area contributed by atoms with Gasteiger partial charge < -0.3 is 10.2 Å². The number of nitrogens with one attached hydrogen (secondary N) is 1. The maximum Gasteiger partial charge on any atom is 0.165 e. The Morgan fingerprint density at radius 3 is 2.94 bits per heavy atom. The van der Waals surface area contributed by atoms with Crippen LogP contribution < -0.4 is 10.2 Å². The fourth-order valence-electron chi connectivity index (χ4n) is 1.91. The van der Waals surface area contributed by atoms with E-state index in [1.807, 2.05) is 0 Å². The van der Waals surface area contributed by atoms with Crippen molar-refractivity contribution in [3.63, 3.8) is 0 Å². The van der Waals surface area contributed by atoms with Gasteiger partial charge in [0.15, 0.2) is 5.82 Å². The lowest BCUT2D eigenvalue weighted by Crippen LogP contribution is -2.50. The Hall–Kier alpha value is -0.510. The average molecular weight is 265 g/mol. The van der Waals surface area contributed by atoms with Crippen molar-refractivity contribution in [2.24, 2.45) is 0 Å². The topological polar surface area (TPSA) is 15.3 Å². The third kappa shape index (κ3) is 2.59. The molecular formula is C11H15Cl2FN2. The molecule has 1 aliphatic heterocycles. The molecule has 1 aliphatic rings. The highest BCUT2D eigenvalue weighted by Crippen LogP contribution is 2.27. The number of hydrogen-bond acceptors (Lipinski definition) is 2. The molecular weight excluding hydrogens is 250 g/mol. The molecule has 1 aromatic rings. The summed E-state index contributed by atoms with van der Waals surface area (Å²) in [6.45, 7) is 4.66. The average Bonchev–Trinajstić information content (AvgIpc) is 2.23. The minimum Gasteiger partial charge on any atom is -0.364 e. The first-order chi connectivity index (χ1) is 7.20. The van der Waals surface area contributed by atoms with Crippen molar-refractivity contribution in [2.75, 3.05) is 24.5 Å². The van der Waals surface area contributed by atoms with Crippen LogP contribution in [-0.2, 0) is 0 Å². The molecule has 0 bridgehead atoms. The van der Waals surface area contributed by atoms with E-state index in [-0.39, 0.29) is 23.2 Å². The molecule has 1 unspecified atom stereocenters. The Kier molecular flexibility index (Phi) is 4.84. The Bertz CT molecular complexity index is 360. The van der Waals surface area contributed by atoms with E-state index in [0.717, 1.165) is 19.6 Å². The zero-order chi connectivity index (χ0) is 10.8. The van der Waals surface area contributed by atoms with E-state index in [9.17, 15) is 4.39 Å². The van der Waals surface area contributed by atoms with Crippen LogP contribution in [0.1, 0.15) is 6.92 Å². The SMILES string of the molecule is CC1CNCCN1c1cccc(Cl)c1F.Cl. The van der Waals surface area contributed by atoms with Gasteiger partial charge in [-0.3, -0.25) is 0 Å². The smallest absolute Gasteiger partial charge is 0.165 e. The van der Waals surface area contributed by atoms with Crippen LogP contribution in [0.3, 0.4) is 0 Å². The Labute approximate surface area is 106 Å². The molecule has 1 N–H and O–H groups in total. The van der Waals surface area contributed by atoms with E-state index >= 15 is 0 Å². The van der Waals surface area contributed by atoms with Crippen molar-refractivity contribution in [1.29, 1.82) is 0 Å². The predicted octanol–water partition coefficient (Wildman–Crippen LogP) is 2.70. The van der Waals surface area contributed by atoms with Crippen molar-refractivity contribution >= 4 is 29.7 Å². The van der Waals surface area contributed by atoms with Crippen LogP contribution >= 0.6 is 24.0 Å². The number of hydrogen-bond donors (Lipinski definition) is 1. The summed E-state index contributed by atoms with van der Waals surface area (Å²) in [5.74, 6) is -0.312. The van der Waals surface area contributed by atoms with Gasteiger partial charge in [-0.15, -0.1) is 12.4 Å². The third-order valence-corrected chi connectivity index (χ3v) is 3.03. The molecule has 1 aromatic carbocycles. The van der Waals surface area contributed by atoms with Crippen molar-refractivity contribution in [3.8, 4) is 0 Å². The summed E-state index contributed by atoms with van der Waals surface area (Å²) in [6.07, 6.45) is 0. The Balaban J connectivity index is 0.00000128.